The molecule has 0 radical (unpaired) electrons. The van der Waals surface area contributed by atoms with E-state index in [1.165, 1.54) is 4.57 Å². The van der Waals surface area contributed by atoms with Crippen molar-refractivity contribution in [2.24, 2.45) is 7.05 Å². The van der Waals surface area contributed by atoms with Gasteiger partial charge >= 0.3 is 5.76 Å². The maximum absolute atomic E-state index is 11.5. The van der Waals surface area contributed by atoms with Crippen molar-refractivity contribution in [1.82, 2.24) is 9.88 Å². The number of nitrogens with one attached hydrogen (secondary N) is 1. The number of hydrogen-bond donors (Lipinski definition) is 1. The zero-order valence-electron chi connectivity index (χ0n) is 12.3. The summed E-state index contributed by atoms with van der Waals surface area (Å²) in [4.78, 5) is 13.8. The number of nitrogens with zero attached hydrogens (tertiary/aromatic N) is 2. The fourth-order valence-corrected chi connectivity index (χ4v) is 3.39. The minimum Gasteiger partial charge on any atom is -0.408 e. The van der Waals surface area contributed by atoms with Crippen molar-refractivity contribution in [1.29, 1.82) is 5.26 Å². The minimum absolute atomic E-state index is 0.177. The molecule has 22 heavy (non-hydrogen) atoms. The van der Waals surface area contributed by atoms with Crippen molar-refractivity contribution < 1.29 is 4.42 Å². The van der Waals surface area contributed by atoms with Gasteiger partial charge in [-0.1, -0.05) is 0 Å². The van der Waals surface area contributed by atoms with E-state index in [-0.39, 0.29) is 11.8 Å². The van der Waals surface area contributed by atoms with Gasteiger partial charge in [0, 0.05) is 23.2 Å². The van der Waals surface area contributed by atoms with E-state index in [1.54, 1.807) is 25.4 Å². The van der Waals surface area contributed by atoms with Crippen LogP contribution in [0.4, 0.5) is 0 Å². The topological polar surface area (TPSA) is 71.0 Å². The molecule has 3 rings (SSSR count). The number of aromatic nitrogens is 1. The van der Waals surface area contributed by atoms with Gasteiger partial charge in [-0.15, -0.1) is 11.3 Å². The lowest BCUT2D eigenvalue weighted by atomic mass is 10.1. The lowest BCUT2D eigenvalue weighted by Gasteiger charge is -2.04. The number of fused-ring (bicyclic) bond motifs is 1. The van der Waals surface area contributed by atoms with Crippen LogP contribution in [0.5, 0.6) is 0 Å². The molecule has 112 valence electrons. The second kappa shape index (κ2) is 5.79. The highest BCUT2D eigenvalue weighted by molar-refractivity contribution is 7.15. The molecular weight excluding hydrogens is 298 g/mol. The van der Waals surface area contributed by atoms with Crippen LogP contribution in [-0.2, 0) is 13.5 Å². The van der Waals surface area contributed by atoms with Gasteiger partial charge in [-0.25, -0.2) is 4.79 Å². The monoisotopic (exact) mass is 313 g/mol. The van der Waals surface area contributed by atoms with Gasteiger partial charge in [0.1, 0.15) is 0 Å². The van der Waals surface area contributed by atoms with E-state index in [2.05, 4.69) is 11.4 Å². The summed E-state index contributed by atoms with van der Waals surface area (Å²) in [5, 5.41) is 12.0. The molecule has 6 heteroatoms. The number of rotatable bonds is 4. The van der Waals surface area contributed by atoms with Crippen LogP contribution < -0.4 is 11.1 Å². The molecule has 0 saturated heterocycles. The second-order valence-corrected chi connectivity index (χ2v) is 6.22. The predicted octanol–water partition coefficient (Wildman–Crippen LogP) is 2.51. The Morgan fingerprint density at radius 1 is 1.41 bits per heavy atom. The Hall–Kier alpha value is -2.36. The molecule has 0 fully saturated rings. The third-order valence-corrected chi connectivity index (χ3v) is 4.80. The Morgan fingerprint density at radius 2 is 2.23 bits per heavy atom. The van der Waals surface area contributed by atoms with Gasteiger partial charge in [0.15, 0.2) is 5.58 Å². The highest BCUT2D eigenvalue weighted by Gasteiger charge is 2.11. The van der Waals surface area contributed by atoms with E-state index in [0.29, 0.717) is 12.0 Å². The Bertz CT molecular complexity index is 913. The van der Waals surface area contributed by atoms with Crippen LogP contribution in [0.2, 0.25) is 0 Å². The third-order valence-electron chi connectivity index (χ3n) is 3.65. The van der Waals surface area contributed by atoms with Crippen LogP contribution in [0, 0.1) is 11.3 Å². The number of thiophene rings is 1. The van der Waals surface area contributed by atoms with Crippen LogP contribution in [0.25, 0.3) is 21.5 Å². The Morgan fingerprint density at radius 3 is 2.95 bits per heavy atom. The molecule has 0 bridgehead atoms. The highest BCUT2D eigenvalue weighted by Crippen LogP contribution is 2.30. The lowest BCUT2D eigenvalue weighted by Crippen LogP contribution is -2.24. The van der Waals surface area contributed by atoms with Crippen molar-refractivity contribution in [3.05, 3.63) is 45.8 Å². The van der Waals surface area contributed by atoms with Gasteiger partial charge in [0.2, 0.25) is 0 Å². The molecule has 2 heterocycles. The molecule has 3 aromatic rings. The number of benzene rings is 1. The Labute approximate surface area is 131 Å². The largest absolute Gasteiger partial charge is 0.419 e. The average Bonchev–Trinajstić information content (AvgIpc) is 3.10. The minimum atomic E-state index is -0.357. The molecule has 1 aromatic carbocycles. The zero-order chi connectivity index (χ0) is 15.7. The predicted molar refractivity (Wildman–Crippen MR) is 86.9 cm³/mol. The van der Waals surface area contributed by atoms with Gasteiger partial charge in [-0.3, -0.25) is 4.57 Å². The second-order valence-electron chi connectivity index (χ2n) is 5.05. The van der Waals surface area contributed by atoms with Crippen LogP contribution in [0.3, 0.4) is 0 Å². The summed E-state index contributed by atoms with van der Waals surface area (Å²) in [7, 11) is 3.48. The number of hydrogen-bond acceptors (Lipinski definition) is 5. The van der Waals surface area contributed by atoms with E-state index in [1.807, 2.05) is 30.3 Å². The fraction of sp³-hybridized carbons (Fsp3) is 0.250. The summed E-state index contributed by atoms with van der Waals surface area (Å²) in [6.07, 6.45) is 0.685. The number of aryl methyl sites for hydroxylation is 1. The van der Waals surface area contributed by atoms with Crippen LogP contribution in [0.1, 0.15) is 4.88 Å². The van der Waals surface area contributed by atoms with Gasteiger partial charge in [-0.2, -0.15) is 5.26 Å². The quantitative estimate of drug-likeness (QED) is 0.803. The Balaban J connectivity index is 1.95. The molecule has 0 unspecified atom stereocenters. The van der Waals surface area contributed by atoms with Gasteiger partial charge in [0.05, 0.1) is 17.6 Å². The molecule has 5 nitrogen and oxygen atoms in total. The molecule has 0 saturated carbocycles. The van der Waals surface area contributed by atoms with Crippen LogP contribution in [-0.4, -0.2) is 17.7 Å². The van der Waals surface area contributed by atoms with E-state index in [0.717, 1.165) is 20.8 Å². The lowest BCUT2D eigenvalue weighted by molar-refractivity contribution is 0.528. The number of likely N-dealkylation sites (N-methyl/N-ethyl adjacent to an activating group) is 1. The highest BCUT2D eigenvalue weighted by atomic mass is 32.1. The summed E-state index contributed by atoms with van der Waals surface area (Å²) in [5.74, 6) is -0.357. The summed E-state index contributed by atoms with van der Waals surface area (Å²) in [6.45, 7) is 0. The molecule has 2 aromatic heterocycles. The van der Waals surface area contributed by atoms with E-state index >= 15 is 0 Å². The summed E-state index contributed by atoms with van der Waals surface area (Å²) >= 11 is 1.66. The molecular formula is C16H15N3O2S. The van der Waals surface area contributed by atoms with E-state index in [9.17, 15) is 4.79 Å². The molecule has 0 spiro atoms. The third kappa shape index (κ3) is 2.56. The first-order chi connectivity index (χ1) is 10.6. The SMILES string of the molecule is CN[C@H](C#N)Cc1ccc(-c2ccc3oc(=O)n(C)c3c2)s1. The first-order valence-corrected chi connectivity index (χ1v) is 7.69. The van der Waals surface area contributed by atoms with Crippen molar-refractivity contribution in [2.45, 2.75) is 12.5 Å². The van der Waals surface area contributed by atoms with Gasteiger partial charge in [-0.05, 0) is 42.9 Å². The summed E-state index contributed by atoms with van der Waals surface area (Å²) in [6, 6.07) is 11.9. The molecule has 0 amide bonds. The van der Waals surface area contributed by atoms with Crippen molar-refractivity contribution in [3.63, 3.8) is 0 Å². The first-order valence-electron chi connectivity index (χ1n) is 6.88. The van der Waals surface area contributed by atoms with E-state index in [4.69, 9.17) is 9.68 Å². The number of oxazole rings is 1. The van der Waals surface area contributed by atoms with Gasteiger partial charge in [0.25, 0.3) is 0 Å². The Kier molecular flexibility index (Phi) is 3.84. The summed E-state index contributed by atoms with van der Waals surface area (Å²) in [5.41, 5.74) is 2.41. The maximum atomic E-state index is 11.5. The zero-order valence-corrected chi connectivity index (χ0v) is 13.1. The molecule has 1 atom stereocenters. The molecule has 0 aliphatic heterocycles. The van der Waals surface area contributed by atoms with Crippen LogP contribution in [0.15, 0.2) is 39.5 Å². The average molecular weight is 313 g/mol. The summed E-state index contributed by atoms with van der Waals surface area (Å²) < 4.78 is 6.64. The van der Waals surface area contributed by atoms with Crippen molar-refractivity contribution in [3.8, 4) is 16.5 Å². The van der Waals surface area contributed by atoms with Crippen molar-refractivity contribution in [2.75, 3.05) is 7.05 Å². The normalized spacial score (nSPS) is 12.4. The molecule has 1 N–H and O–H groups in total. The van der Waals surface area contributed by atoms with Crippen molar-refractivity contribution >= 4 is 22.4 Å². The smallest absolute Gasteiger partial charge is 0.408 e. The maximum Gasteiger partial charge on any atom is 0.419 e. The van der Waals surface area contributed by atoms with E-state index < -0.39 is 0 Å². The van der Waals surface area contributed by atoms with Gasteiger partial charge < -0.3 is 9.73 Å². The first kappa shape index (κ1) is 14.6. The molecule has 0 aliphatic carbocycles. The standard InChI is InChI=1S/C16H15N3O2S/c1-18-11(9-17)8-12-4-6-15(22-12)10-3-5-14-13(7-10)19(2)16(20)21-14/h3-7,11,18H,8H2,1-2H3/t11-/m0/s1. The number of nitriles is 1. The molecule has 0 aliphatic rings. The fourth-order valence-electron chi connectivity index (χ4n) is 2.34. The van der Waals surface area contributed by atoms with Crippen LogP contribution >= 0.6 is 11.3 Å².